The average Bonchev–Trinajstić information content (AvgIpc) is 2.77. The molecule has 0 spiro atoms. The second kappa shape index (κ2) is 9.69. The number of hydrogen-bond donors (Lipinski definition) is 0. The van der Waals surface area contributed by atoms with E-state index in [1.54, 1.807) is 4.90 Å². The van der Waals surface area contributed by atoms with Gasteiger partial charge in [-0.2, -0.15) is 4.31 Å². The number of piperidine rings is 1. The summed E-state index contributed by atoms with van der Waals surface area (Å²) >= 11 is 0. The fourth-order valence-electron chi connectivity index (χ4n) is 3.75. The highest BCUT2D eigenvalue weighted by molar-refractivity contribution is 7.89. The van der Waals surface area contributed by atoms with Gasteiger partial charge >= 0.3 is 5.97 Å². The fraction of sp³-hybridized carbons (Fsp3) is 0.600. The van der Waals surface area contributed by atoms with Crippen LogP contribution in [0.5, 0.6) is 0 Å². The van der Waals surface area contributed by atoms with Crippen molar-refractivity contribution in [2.75, 3.05) is 39.5 Å². The zero-order valence-corrected chi connectivity index (χ0v) is 17.5. The third-order valence-electron chi connectivity index (χ3n) is 5.44. The van der Waals surface area contributed by atoms with E-state index in [0.717, 1.165) is 25.7 Å². The highest BCUT2D eigenvalue weighted by Gasteiger charge is 2.27. The van der Waals surface area contributed by atoms with Crippen LogP contribution >= 0.6 is 0 Å². The van der Waals surface area contributed by atoms with Crippen LogP contribution < -0.4 is 0 Å². The maximum Gasteiger partial charge on any atom is 0.338 e. The van der Waals surface area contributed by atoms with Crippen LogP contribution in [0.25, 0.3) is 0 Å². The number of ether oxygens (including phenoxy) is 2. The minimum Gasteiger partial charge on any atom is -0.452 e. The first kappa shape index (κ1) is 21.7. The standard InChI is InChI=1S/C20H28N2O6S/c1-2-17-5-3-4-10-22(17)19(23)15-28-20(24)16-6-8-18(9-7-16)29(25,26)21-11-13-27-14-12-21/h6-9,17H,2-5,10-15H2,1H3/t17-/m0/s1. The Labute approximate surface area is 171 Å². The van der Waals surface area contributed by atoms with Crippen molar-refractivity contribution in [3.05, 3.63) is 29.8 Å². The van der Waals surface area contributed by atoms with Gasteiger partial charge in [0.15, 0.2) is 6.61 Å². The summed E-state index contributed by atoms with van der Waals surface area (Å²) in [5.74, 6) is -0.824. The summed E-state index contributed by atoms with van der Waals surface area (Å²) in [5, 5.41) is 0. The van der Waals surface area contributed by atoms with Crippen molar-refractivity contribution in [1.29, 1.82) is 0 Å². The molecule has 2 aliphatic heterocycles. The van der Waals surface area contributed by atoms with E-state index < -0.39 is 16.0 Å². The van der Waals surface area contributed by atoms with Crippen LogP contribution in [0, 0.1) is 0 Å². The number of benzene rings is 1. The minimum atomic E-state index is -3.61. The molecular formula is C20H28N2O6S. The van der Waals surface area contributed by atoms with Gasteiger partial charge in [0.1, 0.15) is 0 Å². The molecule has 1 atom stereocenters. The number of esters is 1. The molecule has 2 saturated heterocycles. The van der Waals surface area contributed by atoms with Crippen molar-refractivity contribution in [1.82, 2.24) is 9.21 Å². The van der Waals surface area contributed by atoms with E-state index in [1.807, 2.05) is 0 Å². The van der Waals surface area contributed by atoms with Crippen molar-refractivity contribution in [3.63, 3.8) is 0 Å². The lowest BCUT2D eigenvalue weighted by Crippen LogP contribution is -2.45. The van der Waals surface area contributed by atoms with Crippen LogP contribution in [0.3, 0.4) is 0 Å². The first-order valence-electron chi connectivity index (χ1n) is 10.1. The van der Waals surface area contributed by atoms with Crippen LogP contribution in [0.1, 0.15) is 43.0 Å². The van der Waals surface area contributed by atoms with E-state index in [4.69, 9.17) is 9.47 Å². The Hall–Kier alpha value is -1.97. The van der Waals surface area contributed by atoms with Gasteiger partial charge in [-0.3, -0.25) is 4.79 Å². The van der Waals surface area contributed by atoms with Crippen molar-refractivity contribution in [3.8, 4) is 0 Å². The van der Waals surface area contributed by atoms with E-state index in [9.17, 15) is 18.0 Å². The molecule has 0 aromatic heterocycles. The lowest BCUT2D eigenvalue weighted by molar-refractivity contribution is -0.138. The van der Waals surface area contributed by atoms with Crippen LogP contribution in [0.2, 0.25) is 0 Å². The molecule has 1 aromatic carbocycles. The summed E-state index contributed by atoms with van der Waals surface area (Å²) in [6.07, 6.45) is 3.95. The lowest BCUT2D eigenvalue weighted by Gasteiger charge is -2.35. The van der Waals surface area contributed by atoms with Crippen LogP contribution in [-0.4, -0.2) is 75.0 Å². The number of carbonyl (C=O) groups is 2. The number of morpholine rings is 1. The predicted octanol–water partition coefficient (Wildman–Crippen LogP) is 1.66. The highest BCUT2D eigenvalue weighted by Crippen LogP contribution is 2.20. The van der Waals surface area contributed by atoms with Gasteiger partial charge in [-0.05, 0) is 49.9 Å². The Morgan fingerprint density at radius 2 is 1.79 bits per heavy atom. The molecule has 2 fully saturated rings. The maximum atomic E-state index is 12.6. The Bertz CT molecular complexity index is 818. The van der Waals surface area contributed by atoms with Crippen molar-refractivity contribution >= 4 is 21.9 Å². The third-order valence-corrected chi connectivity index (χ3v) is 7.36. The minimum absolute atomic E-state index is 0.117. The summed E-state index contributed by atoms with van der Waals surface area (Å²) in [6.45, 7) is 3.80. The lowest BCUT2D eigenvalue weighted by atomic mass is 10.00. The normalized spacial score (nSPS) is 21.0. The van der Waals surface area contributed by atoms with E-state index in [1.165, 1.54) is 28.6 Å². The van der Waals surface area contributed by atoms with Gasteiger partial charge in [0.25, 0.3) is 5.91 Å². The van der Waals surface area contributed by atoms with Crippen LogP contribution in [0.4, 0.5) is 0 Å². The summed E-state index contributed by atoms with van der Waals surface area (Å²) in [4.78, 5) is 26.6. The molecule has 29 heavy (non-hydrogen) atoms. The topological polar surface area (TPSA) is 93.2 Å². The van der Waals surface area contributed by atoms with Crippen LogP contribution in [0.15, 0.2) is 29.2 Å². The van der Waals surface area contributed by atoms with E-state index in [0.29, 0.717) is 32.8 Å². The molecular weight excluding hydrogens is 396 g/mol. The number of amides is 1. The number of sulfonamides is 1. The molecule has 0 radical (unpaired) electrons. The summed E-state index contributed by atoms with van der Waals surface area (Å²) in [5.41, 5.74) is 0.212. The van der Waals surface area contributed by atoms with Gasteiger partial charge < -0.3 is 14.4 Å². The van der Waals surface area contributed by atoms with Gasteiger partial charge in [0, 0.05) is 25.7 Å². The van der Waals surface area contributed by atoms with Gasteiger partial charge in [0.05, 0.1) is 23.7 Å². The highest BCUT2D eigenvalue weighted by atomic mass is 32.2. The molecule has 0 N–H and O–H groups in total. The average molecular weight is 425 g/mol. The molecule has 1 aromatic rings. The Morgan fingerprint density at radius 1 is 1.10 bits per heavy atom. The molecule has 3 rings (SSSR count). The molecule has 9 heteroatoms. The largest absolute Gasteiger partial charge is 0.452 e. The molecule has 1 amide bonds. The Morgan fingerprint density at radius 3 is 2.45 bits per heavy atom. The first-order chi connectivity index (χ1) is 13.9. The SMILES string of the molecule is CC[C@H]1CCCCN1C(=O)COC(=O)c1ccc(S(=O)(=O)N2CCOCC2)cc1. The number of rotatable bonds is 6. The van der Waals surface area contributed by atoms with Gasteiger partial charge in [0.2, 0.25) is 10.0 Å². The Kier molecular flexibility index (Phi) is 7.26. The molecule has 0 unspecified atom stereocenters. The zero-order chi connectivity index (χ0) is 20.9. The molecule has 8 nitrogen and oxygen atoms in total. The first-order valence-corrected chi connectivity index (χ1v) is 11.5. The molecule has 160 valence electrons. The van der Waals surface area contributed by atoms with E-state index >= 15 is 0 Å². The third kappa shape index (κ3) is 5.15. The molecule has 0 bridgehead atoms. The van der Waals surface area contributed by atoms with Crippen molar-refractivity contribution in [2.45, 2.75) is 43.5 Å². The fourth-order valence-corrected chi connectivity index (χ4v) is 5.15. The quantitative estimate of drug-likeness (QED) is 0.645. The summed E-state index contributed by atoms with van der Waals surface area (Å²) in [6, 6.07) is 5.81. The second-order valence-electron chi connectivity index (χ2n) is 7.26. The smallest absolute Gasteiger partial charge is 0.338 e. The van der Waals surface area contributed by atoms with Gasteiger partial charge in [-0.1, -0.05) is 6.92 Å². The maximum absolute atomic E-state index is 12.6. The zero-order valence-electron chi connectivity index (χ0n) is 16.7. The Balaban J connectivity index is 1.58. The van der Waals surface area contributed by atoms with Crippen molar-refractivity contribution in [2.24, 2.45) is 0 Å². The van der Waals surface area contributed by atoms with Gasteiger partial charge in [-0.25, -0.2) is 13.2 Å². The number of carbonyl (C=O) groups excluding carboxylic acids is 2. The second-order valence-corrected chi connectivity index (χ2v) is 9.20. The van der Waals surface area contributed by atoms with E-state index in [-0.39, 0.29) is 29.0 Å². The number of hydrogen-bond acceptors (Lipinski definition) is 6. The molecule has 0 aliphatic carbocycles. The van der Waals surface area contributed by atoms with Gasteiger partial charge in [-0.15, -0.1) is 0 Å². The summed E-state index contributed by atoms with van der Waals surface area (Å²) < 4.78 is 37.0. The number of likely N-dealkylation sites (tertiary alicyclic amines) is 1. The molecule has 2 heterocycles. The van der Waals surface area contributed by atoms with Crippen molar-refractivity contribution < 1.29 is 27.5 Å². The monoisotopic (exact) mass is 424 g/mol. The summed E-state index contributed by atoms with van der Waals surface area (Å²) in [7, 11) is -3.61. The predicted molar refractivity (Wildman–Crippen MR) is 106 cm³/mol. The van der Waals surface area contributed by atoms with Crippen LogP contribution in [-0.2, 0) is 24.3 Å². The van der Waals surface area contributed by atoms with E-state index in [2.05, 4.69) is 6.92 Å². The molecule has 0 saturated carbocycles. The molecule has 2 aliphatic rings. The number of nitrogens with zero attached hydrogens (tertiary/aromatic N) is 2.